The lowest BCUT2D eigenvalue weighted by Crippen LogP contribution is -2.29. The molecular formula is C16H20ClNO4. The highest BCUT2D eigenvalue weighted by Gasteiger charge is 2.30. The molecule has 22 heavy (non-hydrogen) atoms. The van der Waals surface area contributed by atoms with Crippen molar-refractivity contribution < 1.29 is 19.4 Å². The van der Waals surface area contributed by atoms with E-state index in [-0.39, 0.29) is 17.7 Å². The molecule has 0 aliphatic heterocycles. The van der Waals surface area contributed by atoms with Gasteiger partial charge in [0.15, 0.2) is 0 Å². The van der Waals surface area contributed by atoms with Crippen LogP contribution in [0.3, 0.4) is 0 Å². The van der Waals surface area contributed by atoms with E-state index in [2.05, 4.69) is 5.32 Å². The zero-order chi connectivity index (χ0) is 16.3. The van der Waals surface area contributed by atoms with Gasteiger partial charge in [0.25, 0.3) is 0 Å². The smallest absolute Gasteiger partial charge is 0.306 e. The van der Waals surface area contributed by atoms with Crippen molar-refractivity contribution in [3.8, 4) is 5.75 Å². The Kier molecular flexibility index (Phi) is 5.29. The van der Waals surface area contributed by atoms with E-state index in [1.165, 1.54) is 7.11 Å². The predicted molar refractivity (Wildman–Crippen MR) is 84.5 cm³/mol. The van der Waals surface area contributed by atoms with Gasteiger partial charge < -0.3 is 15.2 Å². The number of hydrogen-bond donors (Lipinski definition) is 2. The number of aryl methyl sites for hydroxylation is 1. The number of rotatable bonds is 4. The van der Waals surface area contributed by atoms with Gasteiger partial charge in [0.1, 0.15) is 5.75 Å². The van der Waals surface area contributed by atoms with Crippen LogP contribution in [0, 0.1) is 18.8 Å². The normalized spacial score (nSPS) is 21.2. The number of anilines is 1. The average molecular weight is 326 g/mol. The molecule has 0 unspecified atom stereocenters. The van der Waals surface area contributed by atoms with Crippen molar-refractivity contribution in [1.82, 2.24) is 0 Å². The third kappa shape index (κ3) is 3.71. The van der Waals surface area contributed by atoms with Crippen LogP contribution in [-0.4, -0.2) is 24.1 Å². The van der Waals surface area contributed by atoms with Gasteiger partial charge in [0.05, 0.1) is 18.7 Å². The molecule has 2 rings (SSSR count). The van der Waals surface area contributed by atoms with E-state index in [0.717, 1.165) is 5.56 Å². The van der Waals surface area contributed by atoms with E-state index in [9.17, 15) is 9.59 Å². The standard InChI is InChI=1S/C16H20ClNO4/c1-9-7-13(14(22-2)8-12(9)17)18-15(19)10-3-5-11(6-4-10)16(20)21/h7-8,10-11H,3-6H2,1-2H3,(H,18,19)(H,20,21). The van der Waals surface area contributed by atoms with Crippen LogP contribution in [0.25, 0.3) is 0 Å². The number of carboxylic acid groups (broad SMARTS) is 1. The first-order valence-electron chi connectivity index (χ1n) is 7.30. The van der Waals surface area contributed by atoms with Gasteiger partial charge in [-0.2, -0.15) is 0 Å². The minimum absolute atomic E-state index is 0.0936. The summed E-state index contributed by atoms with van der Waals surface area (Å²) in [5.74, 6) is -0.825. The quantitative estimate of drug-likeness (QED) is 0.888. The number of carbonyl (C=O) groups excluding carboxylic acids is 1. The molecule has 1 aromatic rings. The first kappa shape index (κ1) is 16.6. The van der Waals surface area contributed by atoms with Crippen molar-refractivity contribution >= 4 is 29.2 Å². The fraction of sp³-hybridized carbons (Fsp3) is 0.500. The van der Waals surface area contributed by atoms with Crippen LogP contribution in [-0.2, 0) is 9.59 Å². The number of carboxylic acids is 1. The number of aliphatic carboxylic acids is 1. The summed E-state index contributed by atoms with van der Waals surface area (Å²) in [5, 5.41) is 12.4. The van der Waals surface area contributed by atoms with E-state index in [1.54, 1.807) is 12.1 Å². The summed E-state index contributed by atoms with van der Waals surface area (Å²) in [4.78, 5) is 23.3. The van der Waals surface area contributed by atoms with Gasteiger partial charge in [0, 0.05) is 17.0 Å². The Morgan fingerprint density at radius 1 is 1.23 bits per heavy atom. The fourth-order valence-electron chi connectivity index (χ4n) is 2.77. The van der Waals surface area contributed by atoms with Crippen molar-refractivity contribution in [3.63, 3.8) is 0 Å². The van der Waals surface area contributed by atoms with Gasteiger partial charge in [0.2, 0.25) is 5.91 Å². The molecule has 0 radical (unpaired) electrons. The maximum absolute atomic E-state index is 12.4. The molecule has 0 aromatic heterocycles. The van der Waals surface area contributed by atoms with E-state index >= 15 is 0 Å². The van der Waals surface area contributed by atoms with Crippen LogP contribution in [0.4, 0.5) is 5.69 Å². The first-order chi connectivity index (χ1) is 10.4. The van der Waals surface area contributed by atoms with Crippen molar-refractivity contribution in [2.75, 3.05) is 12.4 Å². The zero-order valence-electron chi connectivity index (χ0n) is 12.7. The second kappa shape index (κ2) is 7.01. The second-order valence-electron chi connectivity index (χ2n) is 5.68. The molecular weight excluding hydrogens is 306 g/mol. The molecule has 2 N–H and O–H groups in total. The second-order valence-corrected chi connectivity index (χ2v) is 6.08. The molecule has 0 heterocycles. The molecule has 1 saturated carbocycles. The van der Waals surface area contributed by atoms with Crippen molar-refractivity contribution in [3.05, 3.63) is 22.7 Å². The maximum atomic E-state index is 12.4. The largest absolute Gasteiger partial charge is 0.495 e. The van der Waals surface area contributed by atoms with E-state index < -0.39 is 5.97 Å². The van der Waals surface area contributed by atoms with Crippen LogP contribution < -0.4 is 10.1 Å². The highest BCUT2D eigenvalue weighted by molar-refractivity contribution is 6.31. The predicted octanol–water partition coefficient (Wildman–Crippen LogP) is 3.49. The van der Waals surface area contributed by atoms with E-state index in [0.29, 0.717) is 42.1 Å². The minimum atomic E-state index is -0.770. The maximum Gasteiger partial charge on any atom is 0.306 e. The van der Waals surface area contributed by atoms with Crippen molar-refractivity contribution in [2.24, 2.45) is 11.8 Å². The number of halogens is 1. The van der Waals surface area contributed by atoms with Crippen LogP contribution in [0.2, 0.25) is 5.02 Å². The first-order valence-corrected chi connectivity index (χ1v) is 7.68. The van der Waals surface area contributed by atoms with Gasteiger partial charge in [-0.15, -0.1) is 0 Å². The number of amides is 1. The number of ether oxygens (including phenoxy) is 1. The van der Waals surface area contributed by atoms with Gasteiger partial charge >= 0.3 is 5.97 Å². The molecule has 0 bridgehead atoms. The van der Waals surface area contributed by atoms with Gasteiger partial charge in [-0.05, 0) is 44.2 Å². The third-order valence-corrected chi connectivity index (χ3v) is 4.59. The summed E-state index contributed by atoms with van der Waals surface area (Å²) in [7, 11) is 1.52. The summed E-state index contributed by atoms with van der Waals surface area (Å²) in [5.41, 5.74) is 1.45. The highest BCUT2D eigenvalue weighted by atomic mass is 35.5. The van der Waals surface area contributed by atoms with Crippen LogP contribution in [0.5, 0.6) is 5.75 Å². The molecule has 1 fully saturated rings. The summed E-state index contributed by atoms with van der Waals surface area (Å²) < 4.78 is 5.24. The van der Waals surface area contributed by atoms with Gasteiger partial charge in [-0.3, -0.25) is 9.59 Å². The number of methoxy groups -OCH3 is 1. The van der Waals surface area contributed by atoms with Crippen LogP contribution in [0.15, 0.2) is 12.1 Å². The Hall–Kier alpha value is -1.75. The number of carbonyl (C=O) groups is 2. The number of hydrogen-bond acceptors (Lipinski definition) is 3. The van der Waals surface area contributed by atoms with Crippen LogP contribution >= 0.6 is 11.6 Å². The molecule has 1 aromatic carbocycles. The van der Waals surface area contributed by atoms with Gasteiger partial charge in [-0.1, -0.05) is 11.6 Å². The van der Waals surface area contributed by atoms with E-state index in [4.69, 9.17) is 21.4 Å². The Morgan fingerprint density at radius 2 is 1.82 bits per heavy atom. The summed E-state index contributed by atoms with van der Waals surface area (Å²) in [6, 6.07) is 3.45. The highest BCUT2D eigenvalue weighted by Crippen LogP contribution is 2.33. The van der Waals surface area contributed by atoms with Crippen molar-refractivity contribution in [1.29, 1.82) is 0 Å². The fourth-order valence-corrected chi connectivity index (χ4v) is 2.92. The summed E-state index contributed by atoms with van der Waals surface area (Å²) >= 11 is 6.05. The van der Waals surface area contributed by atoms with Crippen molar-refractivity contribution in [2.45, 2.75) is 32.6 Å². The lowest BCUT2D eigenvalue weighted by Gasteiger charge is -2.25. The molecule has 6 heteroatoms. The molecule has 0 spiro atoms. The Labute approximate surface area is 134 Å². The Bertz CT molecular complexity index is 580. The summed E-state index contributed by atoms with van der Waals surface area (Å²) in [6.45, 7) is 1.86. The van der Waals surface area contributed by atoms with Gasteiger partial charge in [-0.25, -0.2) is 0 Å². The minimum Gasteiger partial charge on any atom is -0.495 e. The molecule has 5 nitrogen and oxygen atoms in total. The molecule has 0 saturated heterocycles. The average Bonchev–Trinajstić information content (AvgIpc) is 2.50. The zero-order valence-corrected chi connectivity index (χ0v) is 13.4. The lowest BCUT2D eigenvalue weighted by atomic mass is 9.81. The summed E-state index contributed by atoms with van der Waals surface area (Å²) in [6.07, 6.45) is 2.28. The number of nitrogens with one attached hydrogen (secondary N) is 1. The Morgan fingerprint density at radius 3 is 2.36 bits per heavy atom. The molecule has 1 aliphatic carbocycles. The molecule has 120 valence electrons. The third-order valence-electron chi connectivity index (χ3n) is 4.19. The molecule has 1 aliphatic rings. The lowest BCUT2D eigenvalue weighted by molar-refractivity contribution is -0.143. The van der Waals surface area contributed by atoms with Crippen LogP contribution in [0.1, 0.15) is 31.2 Å². The monoisotopic (exact) mass is 325 g/mol. The molecule has 0 atom stereocenters. The molecule has 1 amide bonds. The number of benzene rings is 1. The topological polar surface area (TPSA) is 75.6 Å². The van der Waals surface area contributed by atoms with E-state index in [1.807, 2.05) is 6.92 Å². The Balaban J connectivity index is 2.04. The SMILES string of the molecule is COc1cc(Cl)c(C)cc1NC(=O)C1CCC(C(=O)O)CC1.